The molecule has 1 saturated heterocycles. The molecule has 0 saturated carbocycles. The van der Waals surface area contributed by atoms with Crippen molar-refractivity contribution in [1.82, 2.24) is 15.2 Å². The Bertz CT molecular complexity index is 277. The fourth-order valence-electron chi connectivity index (χ4n) is 2.00. The lowest BCUT2D eigenvalue weighted by molar-refractivity contribution is -0.149. The van der Waals surface area contributed by atoms with Gasteiger partial charge >= 0.3 is 6.18 Å². The first-order valence-electron chi connectivity index (χ1n) is 5.83. The van der Waals surface area contributed by atoms with E-state index in [-0.39, 0.29) is 11.8 Å². The second-order valence-corrected chi connectivity index (χ2v) is 4.60. The number of nitrogens with one attached hydrogen (secondary N) is 1. The van der Waals surface area contributed by atoms with Crippen molar-refractivity contribution in [1.29, 1.82) is 0 Å². The summed E-state index contributed by atoms with van der Waals surface area (Å²) in [5.74, 6) is 4.50. The van der Waals surface area contributed by atoms with Crippen LogP contribution in [-0.4, -0.2) is 61.2 Å². The lowest BCUT2D eigenvalue weighted by Crippen LogP contribution is -2.51. The maximum absolute atomic E-state index is 12.2. The highest BCUT2D eigenvalue weighted by Crippen LogP contribution is 2.17. The number of amides is 1. The zero-order valence-corrected chi connectivity index (χ0v) is 10.3. The van der Waals surface area contributed by atoms with Crippen molar-refractivity contribution in [3.8, 4) is 0 Å². The topological polar surface area (TPSA) is 61.6 Å². The smallest absolute Gasteiger partial charge is 0.300 e. The fourth-order valence-corrected chi connectivity index (χ4v) is 2.00. The maximum atomic E-state index is 12.2. The summed E-state index contributed by atoms with van der Waals surface area (Å²) in [7, 11) is 0. The van der Waals surface area contributed by atoms with Gasteiger partial charge < -0.3 is 4.90 Å². The van der Waals surface area contributed by atoms with Gasteiger partial charge in [-0.05, 0) is 0 Å². The summed E-state index contributed by atoms with van der Waals surface area (Å²) in [6, 6.07) is 0. The van der Waals surface area contributed by atoms with Crippen molar-refractivity contribution in [3.05, 3.63) is 0 Å². The van der Waals surface area contributed by atoms with Gasteiger partial charge in [-0.1, -0.05) is 6.92 Å². The van der Waals surface area contributed by atoms with E-state index in [1.807, 2.05) is 4.90 Å². The third-order valence-corrected chi connectivity index (χ3v) is 2.99. The number of nitrogens with two attached hydrogens (primary N) is 1. The van der Waals surface area contributed by atoms with Crippen molar-refractivity contribution >= 4 is 5.91 Å². The molecule has 0 aromatic heterocycles. The van der Waals surface area contributed by atoms with Crippen LogP contribution in [0.4, 0.5) is 13.2 Å². The average Bonchev–Trinajstić information content (AvgIpc) is 2.28. The lowest BCUT2D eigenvalue weighted by atomic mass is 10.1. The van der Waals surface area contributed by atoms with Crippen LogP contribution in [0.5, 0.6) is 0 Å². The van der Waals surface area contributed by atoms with E-state index in [0.29, 0.717) is 32.7 Å². The summed E-state index contributed by atoms with van der Waals surface area (Å²) < 4.78 is 36.5. The molecule has 1 atom stereocenters. The van der Waals surface area contributed by atoms with Gasteiger partial charge in [-0.25, -0.2) is 5.84 Å². The highest BCUT2D eigenvalue weighted by Gasteiger charge is 2.32. The molecule has 1 heterocycles. The highest BCUT2D eigenvalue weighted by molar-refractivity contribution is 5.77. The minimum atomic E-state index is -4.14. The maximum Gasteiger partial charge on any atom is 0.401 e. The number of carbonyl (C=O) groups excluding carboxylic acids is 1. The normalized spacial score (nSPS) is 20.7. The van der Waals surface area contributed by atoms with Crippen LogP contribution >= 0.6 is 0 Å². The molecule has 0 bridgehead atoms. The van der Waals surface area contributed by atoms with E-state index in [1.54, 1.807) is 6.92 Å². The Labute approximate surface area is 104 Å². The number of carbonyl (C=O) groups is 1. The minimum Gasteiger partial charge on any atom is -0.300 e. The van der Waals surface area contributed by atoms with Gasteiger partial charge in [0.1, 0.15) is 0 Å². The molecule has 0 aromatic carbocycles. The molecule has 106 valence electrons. The SMILES string of the molecule is CC(CN1CCN(CC(F)(F)F)CC1)C(=O)NN. The summed E-state index contributed by atoms with van der Waals surface area (Å²) in [6.45, 7) is 3.22. The molecule has 3 N–H and O–H groups in total. The minimum absolute atomic E-state index is 0.257. The highest BCUT2D eigenvalue weighted by atomic mass is 19.4. The molecule has 1 fully saturated rings. The van der Waals surface area contributed by atoms with Gasteiger partial charge in [0.05, 0.1) is 6.54 Å². The van der Waals surface area contributed by atoms with Crippen molar-refractivity contribution in [2.45, 2.75) is 13.1 Å². The van der Waals surface area contributed by atoms with E-state index in [4.69, 9.17) is 5.84 Å². The Balaban J connectivity index is 2.29. The van der Waals surface area contributed by atoms with Crippen molar-refractivity contribution in [3.63, 3.8) is 0 Å². The number of nitrogens with zero attached hydrogens (tertiary/aromatic N) is 2. The summed E-state index contributed by atoms with van der Waals surface area (Å²) in [4.78, 5) is 14.6. The monoisotopic (exact) mass is 268 g/mol. The van der Waals surface area contributed by atoms with E-state index in [9.17, 15) is 18.0 Å². The summed E-state index contributed by atoms with van der Waals surface area (Å²) in [5.41, 5.74) is 2.07. The second kappa shape index (κ2) is 6.35. The van der Waals surface area contributed by atoms with Crippen LogP contribution in [-0.2, 0) is 4.79 Å². The molecule has 18 heavy (non-hydrogen) atoms. The van der Waals surface area contributed by atoms with Gasteiger partial charge in [0.25, 0.3) is 0 Å². The quantitative estimate of drug-likeness (QED) is 0.421. The van der Waals surface area contributed by atoms with Crippen LogP contribution in [0.15, 0.2) is 0 Å². The Hall–Kier alpha value is -0.860. The molecule has 0 aliphatic carbocycles. The number of rotatable bonds is 4. The summed E-state index contributed by atoms with van der Waals surface area (Å²) in [5, 5.41) is 0. The van der Waals surface area contributed by atoms with E-state index in [0.717, 1.165) is 0 Å². The summed E-state index contributed by atoms with van der Waals surface area (Å²) >= 11 is 0. The standard InChI is InChI=1S/C10H19F3N4O/c1-8(9(18)15-14)6-16-2-4-17(5-3-16)7-10(11,12)13/h8H,2-7,14H2,1H3,(H,15,18). The molecule has 1 rings (SSSR count). The zero-order chi connectivity index (χ0) is 13.8. The molecule has 5 nitrogen and oxygen atoms in total. The molecular weight excluding hydrogens is 249 g/mol. The van der Waals surface area contributed by atoms with Crippen LogP contribution in [0, 0.1) is 5.92 Å². The summed E-state index contributed by atoms with van der Waals surface area (Å²) in [6.07, 6.45) is -4.14. The third kappa shape index (κ3) is 5.19. The largest absolute Gasteiger partial charge is 0.401 e. The number of hydrogen-bond donors (Lipinski definition) is 2. The van der Waals surface area contributed by atoms with E-state index in [1.165, 1.54) is 4.90 Å². The predicted octanol–water partition coefficient (Wildman–Crippen LogP) is -0.208. The molecule has 1 unspecified atom stereocenters. The third-order valence-electron chi connectivity index (χ3n) is 2.99. The Morgan fingerprint density at radius 2 is 1.78 bits per heavy atom. The number of alkyl halides is 3. The number of hydrazine groups is 1. The van der Waals surface area contributed by atoms with E-state index in [2.05, 4.69) is 5.43 Å². The molecule has 8 heteroatoms. The molecule has 0 aromatic rings. The van der Waals surface area contributed by atoms with Gasteiger partial charge in [-0.2, -0.15) is 13.2 Å². The van der Waals surface area contributed by atoms with Gasteiger partial charge in [-0.15, -0.1) is 0 Å². The first kappa shape index (κ1) is 15.2. The van der Waals surface area contributed by atoms with Crippen LogP contribution in [0.1, 0.15) is 6.92 Å². The fraction of sp³-hybridized carbons (Fsp3) is 0.900. The van der Waals surface area contributed by atoms with Crippen molar-refractivity contribution < 1.29 is 18.0 Å². The molecule has 1 aliphatic heterocycles. The molecule has 0 radical (unpaired) electrons. The molecular formula is C10H19F3N4O. The number of hydrogen-bond acceptors (Lipinski definition) is 4. The van der Waals surface area contributed by atoms with Crippen LogP contribution in [0.3, 0.4) is 0 Å². The van der Waals surface area contributed by atoms with Crippen molar-refractivity contribution in [2.75, 3.05) is 39.3 Å². The number of halogens is 3. The van der Waals surface area contributed by atoms with Gasteiger partial charge in [-0.3, -0.25) is 15.1 Å². The van der Waals surface area contributed by atoms with Gasteiger partial charge in [0.15, 0.2) is 0 Å². The zero-order valence-electron chi connectivity index (χ0n) is 10.3. The van der Waals surface area contributed by atoms with Gasteiger partial charge in [0, 0.05) is 38.6 Å². The Morgan fingerprint density at radius 3 is 2.22 bits per heavy atom. The number of piperazine rings is 1. The first-order chi connectivity index (χ1) is 8.31. The van der Waals surface area contributed by atoms with Crippen LogP contribution < -0.4 is 11.3 Å². The average molecular weight is 268 g/mol. The molecule has 1 aliphatic rings. The van der Waals surface area contributed by atoms with Gasteiger partial charge in [0.2, 0.25) is 5.91 Å². The first-order valence-corrected chi connectivity index (χ1v) is 5.83. The Kier molecular flexibility index (Phi) is 5.36. The van der Waals surface area contributed by atoms with E-state index >= 15 is 0 Å². The lowest BCUT2D eigenvalue weighted by Gasteiger charge is -2.35. The van der Waals surface area contributed by atoms with E-state index < -0.39 is 12.7 Å². The van der Waals surface area contributed by atoms with Crippen molar-refractivity contribution in [2.24, 2.45) is 11.8 Å². The second-order valence-electron chi connectivity index (χ2n) is 4.60. The van der Waals surface area contributed by atoms with Crippen LogP contribution in [0.2, 0.25) is 0 Å². The molecule has 0 spiro atoms. The molecule has 1 amide bonds. The predicted molar refractivity (Wildman–Crippen MR) is 60.4 cm³/mol. The van der Waals surface area contributed by atoms with Crippen LogP contribution in [0.25, 0.3) is 0 Å². The Morgan fingerprint density at radius 1 is 1.28 bits per heavy atom.